The largest absolute Gasteiger partial charge is 0.295 e. The second kappa shape index (κ2) is 2.50. The summed E-state index contributed by atoms with van der Waals surface area (Å²) in [7, 11) is 0. The molecule has 1 rings (SSSR count). The van der Waals surface area contributed by atoms with E-state index in [4.69, 9.17) is 5.26 Å². The Kier molecular flexibility index (Phi) is 1.82. The zero-order chi connectivity index (χ0) is 8.48. The Labute approximate surface area is 66.5 Å². The summed E-state index contributed by atoms with van der Waals surface area (Å²) in [5.74, 6) is 0.0813. The van der Waals surface area contributed by atoms with Gasteiger partial charge in [-0.25, -0.2) is 0 Å². The van der Waals surface area contributed by atoms with Gasteiger partial charge in [0.05, 0.1) is 6.07 Å². The molecule has 0 aromatic heterocycles. The van der Waals surface area contributed by atoms with Crippen molar-refractivity contribution < 1.29 is 4.79 Å². The van der Waals surface area contributed by atoms with Gasteiger partial charge in [-0.05, 0) is 17.9 Å². The second-order valence-corrected chi connectivity index (χ2v) is 3.77. The first-order valence-electron chi connectivity index (χ1n) is 3.67. The molecular weight excluding hydrogens is 138 g/mol. The molecule has 2 heteroatoms. The van der Waals surface area contributed by atoms with Gasteiger partial charge in [0, 0.05) is 12.0 Å². The minimum Gasteiger partial charge on any atom is -0.295 e. The van der Waals surface area contributed by atoms with Crippen molar-refractivity contribution in [1.82, 2.24) is 0 Å². The van der Waals surface area contributed by atoms with Gasteiger partial charge < -0.3 is 0 Å². The Morgan fingerprint density at radius 3 is 2.64 bits per heavy atom. The van der Waals surface area contributed by atoms with E-state index in [2.05, 4.69) is 0 Å². The van der Waals surface area contributed by atoms with Crippen molar-refractivity contribution >= 4 is 5.78 Å². The number of carbonyl (C=O) groups is 1. The molecular formula is C9H11NO. The van der Waals surface area contributed by atoms with Crippen LogP contribution in [0.3, 0.4) is 0 Å². The van der Waals surface area contributed by atoms with E-state index in [-0.39, 0.29) is 11.2 Å². The highest BCUT2D eigenvalue weighted by molar-refractivity contribution is 5.92. The van der Waals surface area contributed by atoms with Crippen LogP contribution in [0.15, 0.2) is 11.6 Å². The number of ketones is 1. The molecule has 0 bridgehead atoms. The summed E-state index contributed by atoms with van der Waals surface area (Å²) in [6.07, 6.45) is 2.76. The molecule has 0 N–H and O–H groups in total. The molecule has 0 amide bonds. The first kappa shape index (κ1) is 8.00. The lowest BCUT2D eigenvalue weighted by Crippen LogP contribution is -2.21. The number of allylic oxidation sites excluding steroid dienone is 2. The van der Waals surface area contributed by atoms with Crippen molar-refractivity contribution in [3.8, 4) is 6.07 Å². The summed E-state index contributed by atoms with van der Waals surface area (Å²) < 4.78 is 0. The van der Waals surface area contributed by atoms with E-state index < -0.39 is 0 Å². The van der Waals surface area contributed by atoms with Gasteiger partial charge in [-0.3, -0.25) is 4.79 Å². The van der Waals surface area contributed by atoms with Crippen LogP contribution in [0.4, 0.5) is 0 Å². The van der Waals surface area contributed by atoms with Crippen molar-refractivity contribution in [2.45, 2.75) is 26.7 Å². The van der Waals surface area contributed by atoms with Gasteiger partial charge in [-0.15, -0.1) is 0 Å². The summed E-state index contributed by atoms with van der Waals surface area (Å²) in [4.78, 5) is 11.0. The van der Waals surface area contributed by atoms with Gasteiger partial charge in [-0.1, -0.05) is 13.8 Å². The lowest BCUT2D eigenvalue weighted by Gasteiger charge is -2.25. The Bertz CT molecular complexity index is 255. The van der Waals surface area contributed by atoms with Gasteiger partial charge in [0.15, 0.2) is 5.78 Å². The molecule has 0 heterocycles. The van der Waals surface area contributed by atoms with Crippen molar-refractivity contribution in [2.75, 3.05) is 0 Å². The second-order valence-electron chi connectivity index (χ2n) is 3.77. The number of nitrogens with zero attached hydrogens (tertiary/aromatic N) is 1. The maximum atomic E-state index is 11.0. The van der Waals surface area contributed by atoms with Gasteiger partial charge in [0.2, 0.25) is 0 Å². The van der Waals surface area contributed by atoms with Crippen LogP contribution >= 0.6 is 0 Å². The average Bonchev–Trinajstić information content (AvgIpc) is 1.83. The third-order valence-corrected chi connectivity index (χ3v) is 1.80. The first-order valence-corrected chi connectivity index (χ1v) is 3.67. The number of hydrogen-bond acceptors (Lipinski definition) is 2. The highest BCUT2D eigenvalue weighted by Crippen LogP contribution is 2.32. The van der Waals surface area contributed by atoms with E-state index in [1.165, 1.54) is 6.08 Å². The molecule has 1 aliphatic carbocycles. The first-order chi connectivity index (χ1) is 5.03. The summed E-state index contributed by atoms with van der Waals surface area (Å²) >= 11 is 0. The van der Waals surface area contributed by atoms with Crippen molar-refractivity contribution in [2.24, 2.45) is 5.41 Å². The monoisotopic (exact) mass is 149 g/mol. The minimum atomic E-state index is -0.0170. The Morgan fingerprint density at radius 1 is 1.55 bits per heavy atom. The van der Waals surface area contributed by atoms with Gasteiger partial charge in [-0.2, -0.15) is 5.26 Å². The van der Waals surface area contributed by atoms with Crippen LogP contribution in [-0.2, 0) is 4.79 Å². The highest BCUT2D eigenvalue weighted by Gasteiger charge is 2.27. The van der Waals surface area contributed by atoms with E-state index >= 15 is 0 Å². The number of nitriles is 1. The fourth-order valence-electron chi connectivity index (χ4n) is 1.42. The normalized spacial score (nSPS) is 22.3. The molecule has 0 saturated carbocycles. The number of hydrogen-bond donors (Lipinski definition) is 0. The Balaban J connectivity index is 2.89. The highest BCUT2D eigenvalue weighted by atomic mass is 16.1. The summed E-state index contributed by atoms with van der Waals surface area (Å²) in [6, 6.07) is 2.03. The van der Waals surface area contributed by atoms with Crippen LogP contribution in [0.5, 0.6) is 0 Å². The smallest absolute Gasteiger partial charge is 0.157 e. The van der Waals surface area contributed by atoms with E-state index in [0.717, 1.165) is 6.42 Å². The van der Waals surface area contributed by atoms with Gasteiger partial charge in [0.1, 0.15) is 0 Å². The molecule has 1 aliphatic rings. The van der Waals surface area contributed by atoms with Gasteiger partial charge in [0.25, 0.3) is 0 Å². The fraction of sp³-hybridized carbons (Fsp3) is 0.556. The molecule has 58 valence electrons. The molecule has 2 nitrogen and oxygen atoms in total. The molecule has 0 aromatic rings. The Hall–Kier alpha value is -1.10. The molecule has 0 unspecified atom stereocenters. The van der Waals surface area contributed by atoms with Crippen molar-refractivity contribution in [3.05, 3.63) is 11.6 Å². The van der Waals surface area contributed by atoms with E-state index in [1.54, 1.807) is 0 Å². The summed E-state index contributed by atoms with van der Waals surface area (Å²) in [5.41, 5.74) is 0.600. The lowest BCUT2D eigenvalue weighted by molar-refractivity contribution is -0.116. The van der Waals surface area contributed by atoms with E-state index in [0.29, 0.717) is 12.0 Å². The zero-order valence-corrected chi connectivity index (χ0v) is 6.85. The molecule has 0 radical (unpaired) electrons. The van der Waals surface area contributed by atoms with Crippen LogP contribution in [-0.4, -0.2) is 5.78 Å². The SMILES string of the molecule is CC1(C)CC(=O)C=C(C#N)C1. The zero-order valence-electron chi connectivity index (χ0n) is 6.85. The predicted octanol–water partition coefficient (Wildman–Crippen LogP) is 1.83. The molecule has 0 aliphatic heterocycles. The molecule has 0 aromatic carbocycles. The van der Waals surface area contributed by atoms with Crippen molar-refractivity contribution in [1.29, 1.82) is 5.26 Å². The third kappa shape index (κ3) is 1.91. The average molecular weight is 149 g/mol. The van der Waals surface area contributed by atoms with E-state index in [1.807, 2.05) is 19.9 Å². The van der Waals surface area contributed by atoms with Crippen LogP contribution in [0, 0.1) is 16.7 Å². The molecule has 0 saturated heterocycles. The Morgan fingerprint density at radius 2 is 2.18 bits per heavy atom. The fourth-order valence-corrected chi connectivity index (χ4v) is 1.42. The number of rotatable bonds is 0. The third-order valence-electron chi connectivity index (χ3n) is 1.80. The standard InChI is InChI=1S/C9H11NO/c1-9(2)4-7(6-10)3-8(11)5-9/h3H,4-5H2,1-2H3. The van der Waals surface area contributed by atoms with Crippen molar-refractivity contribution in [3.63, 3.8) is 0 Å². The molecule has 0 fully saturated rings. The molecule has 11 heavy (non-hydrogen) atoms. The lowest BCUT2D eigenvalue weighted by atomic mass is 9.77. The molecule has 0 spiro atoms. The molecule has 0 atom stereocenters. The van der Waals surface area contributed by atoms with E-state index in [9.17, 15) is 4.79 Å². The maximum Gasteiger partial charge on any atom is 0.157 e. The summed E-state index contributed by atoms with van der Waals surface area (Å²) in [6.45, 7) is 4.02. The van der Waals surface area contributed by atoms with Crippen LogP contribution < -0.4 is 0 Å². The van der Waals surface area contributed by atoms with Crippen LogP contribution in [0.2, 0.25) is 0 Å². The number of carbonyl (C=O) groups excluding carboxylic acids is 1. The van der Waals surface area contributed by atoms with Crippen LogP contribution in [0.1, 0.15) is 26.7 Å². The summed E-state index contributed by atoms with van der Waals surface area (Å²) in [5, 5.41) is 8.57. The van der Waals surface area contributed by atoms with Crippen LogP contribution in [0.25, 0.3) is 0 Å². The minimum absolute atomic E-state index is 0.0170. The predicted molar refractivity (Wildman–Crippen MR) is 41.7 cm³/mol. The topological polar surface area (TPSA) is 40.9 Å². The van der Waals surface area contributed by atoms with Gasteiger partial charge >= 0.3 is 0 Å². The maximum absolute atomic E-state index is 11.0. The quantitative estimate of drug-likeness (QED) is 0.527.